The van der Waals surface area contributed by atoms with E-state index < -0.39 is 5.91 Å². The smallest absolute Gasteiger partial charge is 0.260 e. The van der Waals surface area contributed by atoms with Gasteiger partial charge in [-0.25, -0.2) is 0 Å². The van der Waals surface area contributed by atoms with Crippen LogP contribution in [0.25, 0.3) is 0 Å². The number of hydrogen-bond donors (Lipinski definition) is 2. The van der Waals surface area contributed by atoms with Crippen molar-refractivity contribution in [2.75, 3.05) is 45.9 Å². The normalized spacial score (nSPS) is 20.8. The molecule has 8 heteroatoms. The van der Waals surface area contributed by atoms with Crippen LogP contribution in [-0.2, 0) is 4.79 Å². The first kappa shape index (κ1) is 19.5. The second kappa shape index (κ2) is 9.03. The molecule has 1 atom stereocenters. The maximum absolute atomic E-state index is 12.3. The Bertz CT molecular complexity index is 590. The van der Waals surface area contributed by atoms with Crippen LogP contribution in [0.5, 0.6) is 5.75 Å². The summed E-state index contributed by atoms with van der Waals surface area (Å²) in [5.41, 5.74) is 5.62. The Hall–Kier alpha value is -1.83. The lowest BCUT2D eigenvalue weighted by Crippen LogP contribution is -2.49. The number of halogens is 1. The molecule has 2 fully saturated rings. The molecule has 2 aliphatic rings. The van der Waals surface area contributed by atoms with Crippen LogP contribution in [0.15, 0.2) is 24.3 Å². The predicted octanol–water partition coefficient (Wildman–Crippen LogP) is 0.0922. The van der Waals surface area contributed by atoms with Gasteiger partial charge in [0.25, 0.3) is 5.91 Å². The summed E-state index contributed by atoms with van der Waals surface area (Å²) >= 11 is 0. The molecule has 0 saturated carbocycles. The number of ether oxygens (including phenoxy) is 1. The average molecular weight is 369 g/mol. The lowest BCUT2D eigenvalue weighted by atomic mass is 10.2. The van der Waals surface area contributed by atoms with E-state index >= 15 is 0 Å². The third kappa shape index (κ3) is 5.07. The number of nitrogens with zero attached hydrogens (tertiary/aromatic N) is 2. The standard InChI is InChI=1S/C17H24N4O3.ClH/c18-17(23)13-1-3-15(4-2-13)24-12-16(22)21-8-5-14(11-21)20-9-6-19-7-10-20;/h1-4,14,19H,5-12H2,(H2,18,23);1H. The molecule has 25 heavy (non-hydrogen) atoms. The second-order valence-electron chi connectivity index (χ2n) is 6.25. The van der Waals surface area contributed by atoms with Gasteiger partial charge in [0.15, 0.2) is 6.61 Å². The molecule has 1 aromatic rings. The predicted molar refractivity (Wildman–Crippen MR) is 97.1 cm³/mol. The molecule has 0 bridgehead atoms. The van der Waals surface area contributed by atoms with Crippen molar-refractivity contribution in [2.24, 2.45) is 5.73 Å². The van der Waals surface area contributed by atoms with Gasteiger partial charge in [-0.2, -0.15) is 0 Å². The summed E-state index contributed by atoms with van der Waals surface area (Å²) in [5.74, 6) is 0.0893. The zero-order chi connectivity index (χ0) is 16.9. The Morgan fingerprint density at radius 1 is 1.16 bits per heavy atom. The van der Waals surface area contributed by atoms with Gasteiger partial charge in [0.05, 0.1) is 0 Å². The third-order valence-corrected chi connectivity index (χ3v) is 4.69. The fourth-order valence-electron chi connectivity index (χ4n) is 3.27. The average Bonchev–Trinajstić information content (AvgIpc) is 3.11. The van der Waals surface area contributed by atoms with Crippen molar-refractivity contribution in [2.45, 2.75) is 12.5 Å². The minimum Gasteiger partial charge on any atom is -0.484 e. The molecule has 2 heterocycles. The maximum atomic E-state index is 12.3. The van der Waals surface area contributed by atoms with Crippen molar-refractivity contribution >= 4 is 24.2 Å². The molecule has 2 saturated heterocycles. The van der Waals surface area contributed by atoms with Gasteiger partial charge in [-0.3, -0.25) is 14.5 Å². The number of hydrogen-bond acceptors (Lipinski definition) is 5. The summed E-state index contributed by atoms with van der Waals surface area (Å²) in [6.45, 7) is 5.74. The molecule has 0 spiro atoms. The number of benzene rings is 1. The summed E-state index contributed by atoms with van der Waals surface area (Å²) < 4.78 is 5.53. The van der Waals surface area contributed by atoms with Crippen molar-refractivity contribution in [1.29, 1.82) is 0 Å². The number of piperazine rings is 1. The fraction of sp³-hybridized carbons (Fsp3) is 0.529. The van der Waals surface area contributed by atoms with Gasteiger partial charge in [0.2, 0.25) is 5.91 Å². The Kier molecular flexibility index (Phi) is 7.04. The van der Waals surface area contributed by atoms with Crippen LogP contribution in [0.1, 0.15) is 16.8 Å². The quantitative estimate of drug-likeness (QED) is 0.769. The van der Waals surface area contributed by atoms with Crippen LogP contribution in [0.2, 0.25) is 0 Å². The van der Waals surface area contributed by atoms with E-state index in [1.54, 1.807) is 24.3 Å². The number of carbonyl (C=O) groups is 2. The van der Waals surface area contributed by atoms with Crippen LogP contribution in [0.4, 0.5) is 0 Å². The van der Waals surface area contributed by atoms with E-state index in [1.807, 2.05) is 4.90 Å². The van der Waals surface area contributed by atoms with Crippen LogP contribution in [-0.4, -0.2) is 73.5 Å². The number of likely N-dealkylation sites (tertiary alicyclic amines) is 1. The Morgan fingerprint density at radius 2 is 1.84 bits per heavy atom. The van der Waals surface area contributed by atoms with Gasteiger partial charge >= 0.3 is 0 Å². The van der Waals surface area contributed by atoms with Gasteiger partial charge in [-0.15, -0.1) is 12.4 Å². The van der Waals surface area contributed by atoms with Crippen LogP contribution >= 0.6 is 12.4 Å². The number of nitrogens with one attached hydrogen (secondary N) is 1. The fourth-order valence-corrected chi connectivity index (χ4v) is 3.27. The highest BCUT2D eigenvalue weighted by Crippen LogP contribution is 2.17. The zero-order valence-corrected chi connectivity index (χ0v) is 15.0. The van der Waals surface area contributed by atoms with Gasteiger partial charge in [-0.05, 0) is 30.7 Å². The zero-order valence-electron chi connectivity index (χ0n) is 14.1. The van der Waals surface area contributed by atoms with E-state index in [9.17, 15) is 9.59 Å². The molecule has 2 aliphatic heterocycles. The second-order valence-corrected chi connectivity index (χ2v) is 6.25. The van der Waals surface area contributed by atoms with Crippen molar-refractivity contribution < 1.29 is 14.3 Å². The molecule has 0 aliphatic carbocycles. The Balaban J connectivity index is 0.00000225. The maximum Gasteiger partial charge on any atom is 0.260 e. The summed E-state index contributed by atoms with van der Waals surface area (Å²) in [6.07, 6.45) is 1.03. The molecule has 138 valence electrons. The van der Waals surface area contributed by atoms with E-state index in [-0.39, 0.29) is 24.9 Å². The molecule has 1 unspecified atom stereocenters. The summed E-state index contributed by atoms with van der Waals surface area (Å²) in [4.78, 5) is 27.7. The van der Waals surface area contributed by atoms with Crippen molar-refractivity contribution in [3.05, 3.63) is 29.8 Å². The first-order chi connectivity index (χ1) is 11.6. The van der Waals surface area contributed by atoms with Gasteiger partial charge in [0.1, 0.15) is 5.75 Å². The molecule has 7 nitrogen and oxygen atoms in total. The number of nitrogens with two attached hydrogens (primary N) is 1. The molecular formula is C17H25ClN4O3. The van der Waals surface area contributed by atoms with Crippen LogP contribution in [0.3, 0.4) is 0 Å². The largest absolute Gasteiger partial charge is 0.484 e. The van der Waals surface area contributed by atoms with E-state index in [1.165, 1.54) is 0 Å². The summed E-state index contributed by atoms with van der Waals surface area (Å²) in [7, 11) is 0. The molecule has 2 amide bonds. The minimum atomic E-state index is -0.478. The third-order valence-electron chi connectivity index (χ3n) is 4.69. The first-order valence-corrected chi connectivity index (χ1v) is 8.38. The van der Waals surface area contributed by atoms with Gasteiger partial charge in [-0.1, -0.05) is 0 Å². The highest BCUT2D eigenvalue weighted by Gasteiger charge is 2.30. The molecule has 0 aromatic heterocycles. The number of primary amides is 1. The van der Waals surface area contributed by atoms with Gasteiger partial charge < -0.3 is 20.7 Å². The van der Waals surface area contributed by atoms with E-state index in [0.29, 0.717) is 17.4 Å². The monoisotopic (exact) mass is 368 g/mol. The highest BCUT2D eigenvalue weighted by molar-refractivity contribution is 5.92. The van der Waals surface area contributed by atoms with Crippen molar-refractivity contribution in [1.82, 2.24) is 15.1 Å². The lowest BCUT2D eigenvalue weighted by Gasteiger charge is -2.32. The van der Waals surface area contributed by atoms with Crippen LogP contribution < -0.4 is 15.8 Å². The summed E-state index contributed by atoms with van der Waals surface area (Å²) in [5, 5.41) is 3.35. The van der Waals surface area contributed by atoms with Crippen molar-refractivity contribution in [3.8, 4) is 5.75 Å². The Labute approximate surface area is 153 Å². The van der Waals surface area contributed by atoms with E-state index in [2.05, 4.69) is 10.2 Å². The number of amides is 2. The molecular weight excluding hydrogens is 344 g/mol. The molecule has 0 radical (unpaired) electrons. The first-order valence-electron chi connectivity index (χ1n) is 8.38. The van der Waals surface area contributed by atoms with E-state index in [0.717, 1.165) is 45.7 Å². The van der Waals surface area contributed by atoms with Crippen molar-refractivity contribution in [3.63, 3.8) is 0 Å². The highest BCUT2D eigenvalue weighted by atomic mass is 35.5. The SMILES string of the molecule is Cl.NC(=O)c1ccc(OCC(=O)N2CCC(N3CCNCC3)C2)cc1. The molecule has 3 rings (SSSR count). The molecule has 3 N–H and O–H groups in total. The van der Waals surface area contributed by atoms with E-state index in [4.69, 9.17) is 10.5 Å². The van der Waals surface area contributed by atoms with Gasteiger partial charge in [0, 0.05) is 50.9 Å². The lowest BCUT2D eigenvalue weighted by molar-refractivity contribution is -0.132. The Morgan fingerprint density at radius 3 is 2.48 bits per heavy atom. The topological polar surface area (TPSA) is 87.9 Å². The number of carbonyl (C=O) groups excluding carboxylic acids is 2. The molecule has 1 aromatic carbocycles. The summed E-state index contributed by atoms with van der Waals surface area (Å²) in [6, 6.07) is 6.96. The number of rotatable bonds is 5. The minimum absolute atomic E-state index is 0. The van der Waals surface area contributed by atoms with Crippen LogP contribution in [0, 0.1) is 0 Å².